The number of hydrogen-bond acceptors (Lipinski definition) is 6. The van der Waals surface area contributed by atoms with Crippen LogP contribution in [0.1, 0.15) is 11.5 Å². The first-order valence-electron chi connectivity index (χ1n) is 7.87. The third kappa shape index (κ3) is 3.45. The van der Waals surface area contributed by atoms with Crippen molar-refractivity contribution in [3.8, 4) is 17.1 Å². The van der Waals surface area contributed by atoms with E-state index in [1.54, 1.807) is 30.3 Å². The molecule has 2 heterocycles. The van der Waals surface area contributed by atoms with Crippen molar-refractivity contribution in [2.45, 2.75) is 6.61 Å². The lowest BCUT2D eigenvalue weighted by Gasteiger charge is -2.16. The van der Waals surface area contributed by atoms with Gasteiger partial charge in [0.25, 0.3) is 5.89 Å². The standard InChI is InChI=1S/C19H13ClN2O4/c20-15-7-5-12(6-8-15)18-21-17(26-22-18)11-25-19(23)14-9-13-3-1-2-4-16(13)24-10-14/h1-9H,10-11H2. The van der Waals surface area contributed by atoms with Crippen LogP contribution in [-0.2, 0) is 16.1 Å². The van der Waals surface area contributed by atoms with Crippen LogP contribution in [0.15, 0.2) is 58.6 Å². The number of rotatable bonds is 4. The fraction of sp³-hybridized carbons (Fsp3) is 0.105. The molecule has 0 aliphatic carbocycles. The smallest absolute Gasteiger partial charge is 0.338 e. The van der Waals surface area contributed by atoms with Gasteiger partial charge in [0, 0.05) is 16.1 Å². The molecule has 0 atom stereocenters. The molecule has 0 fully saturated rings. The molecular weight excluding hydrogens is 356 g/mol. The average molecular weight is 369 g/mol. The summed E-state index contributed by atoms with van der Waals surface area (Å²) in [7, 11) is 0. The largest absolute Gasteiger partial charge is 0.488 e. The van der Waals surface area contributed by atoms with Crippen molar-refractivity contribution in [1.29, 1.82) is 0 Å². The van der Waals surface area contributed by atoms with E-state index in [-0.39, 0.29) is 19.1 Å². The minimum atomic E-state index is -0.481. The Kier molecular flexibility index (Phi) is 4.41. The number of carbonyl (C=O) groups is 1. The van der Waals surface area contributed by atoms with Gasteiger partial charge in [-0.3, -0.25) is 0 Å². The molecule has 1 aliphatic heterocycles. The summed E-state index contributed by atoms with van der Waals surface area (Å²) < 4.78 is 15.9. The third-order valence-electron chi connectivity index (χ3n) is 3.79. The second-order valence-corrected chi connectivity index (χ2v) is 6.03. The van der Waals surface area contributed by atoms with Crippen molar-refractivity contribution >= 4 is 23.6 Å². The lowest BCUT2D eigenvalue weighted by Crippen LogP contribution is -2.17. The molecule has 0 unspecified atom stereocenters. The van der Waals surface area contributed by atoms with Crippen LogP contribution in [-0.4, -0.2) is 22.7 Å². The zero-order valence-corrected chi connectivity index (χ0v) is 14.3. The number of ether oxygens (including phenoxy) is 2. The van der Waals surface area contributed by atoms with Crippen LogP contribution < -0.4 is 4.74 Å². The Labute approximate surface area is 154 Å². The van der Waals surface area contributed by atoms with Gasteiger partial charge >= 0.3 is 5.97 Å². The molecule has 2 aromatic carbocycles. The summed E-state index contributed by atoms with van der Waals surface area (Å²) in [6, 6.07) is 14.5. The SMILES string of the molecule is O=C(OCc1nc(-c2ccc(Cl)cc2)no1)C1=Cc2ccccc2OC1. The van der Waals surface area contributed by atoms with E-state index in [4.69, 9.17) is 25.6 Å². The van der Waals surface area contributed by atoms with Gasteiger partial charge in [-0.1, -0.05) is 35.0 Å². The molecule has 0 N–H and O–H groups in total. The molecule has 4 rings (SSSR count). The van der Waals surface area contributed by atoms with Gasteiger partial charge in [-0.25, -0.2) is 4.79 Å². The molecule has 7 heteroatoms. The molecule has 130 valence electrons. The molecule has 0 saturated carbocycles. The topological polar surface area (TPSA) is 74.5 Å². The Bertz CT molecular complexity index is 979. The highest BCUT2D eigenvalue weighted by Gasteiger charge is 2.19. The first kappa shape index (κ1) is 16.4. The second kappa shape index (κ2) is 7.01. The minimum absolute atomic E-state index is 0.113. The summed E-state index contributed by atoms with van der Waals surface area (Å²) in [5.41, 5.74) is 2.03. The summed E-state index contributed by atoms with van der Waals surface area (Å²) in [5, 5.41) is 4.50. The maximum atomic E-state index is 12.2. The van der Waals surface area contributed by atoms with E-state index in [0.717, 1.165) is 16.9 Å². The van der Waals surface area contributed by atoms with E-state index in [1.807, 2.05) is 24.3 Å². The quantitative estimate of drug-likeness (QED) is 0.650. The lowest BCUT2D eigenvalue weighted by molar-refractivity contribution is -0.141. The zero-order chi connectivity index (χ0) is 17.9. The predicted molar refractivity (Wildman–Crippen MR) is 94.5 cm³/mol. The Morgan fingerprint density at radius 3 is 2.81 bits per heavy atom. The van der Waals surface area contributed by atoms with Gasteiger partial charge in [0.05, 0.1) is 5.57 Å². The van der Waals surface area contributed by atoms with Gasteiger partial charge in [-0.2, -0.15) is 4.98 Å². The van der Waals surface area contributed by atoms with E-state index in [0.29, 0.717) is 16.4 Å². The maximum Gasteiger partial charge on any atom is 0.338 e. The first-order valence-corrected chi connectivity index (χ1v) is 8.25. The number of aromatic nitrogens is 2. The van der Waals surface area contributed by atoms with Crippen molar-refractivity contribution < 1.29 is 18.8 Å². The Morgan fingerprint density at radius 2 is 1.96 bits per heavy atom. The molecule has 0 amide bonds. The molecule has 1 aromatic heterocycles. The molecule has 0 bridgehead atoms. The fourth-order valence-electron chi connectivity index (χ4n) is 2.48. The van der Waals surface area contributed by atoms with Crippen LogP contribution in [0, 0.1) is 0 Å². The molecule has 0 radical (unpaired) electrons. The van der Waals surface area contributed by atoms with E-state index in [9.17, 15) is 4.79 Å². The van der Waals surface area contributed by atoms with Gasteiger partial charge < -0.3 is 14.0 Å². The van der Waals surface area contributed by atoms with Gasteiger partial charge in [0.2, 0.25) is 5.82 Å². The zero-order valence-electron chi connectivity index (χ0n) is 13.5. The van der Waals surface area contributed by atoms with Crippen molar-refractivity contribution in [3.05, 3.63) is 70.6 Å². The Balaban J connectivity index is 1.41. The molecule has 1 aliphatic rings. The molecule has 6 nitrogen and oxygen atoms in total. The number of hydrogen-bond donors (Lipinski definition) is 0. The number of fused-ring (bicyclic) bond motifs is 1. The highest BCUT2D eigenvalue weighted by Crippen LogP contribution is 2.26. The van der Waals surface area contributed by atoms with Crippen molar-refractivity contribution in [2.24, 2.45) is 0 Å². The van der Waals surface area contributed by atoms with Crippen molar-refractivity contribution in [3.63, 3.8) is 0 Å². The van der Waals surface area contributed by atoms with E-state index in [1.165, 1.54) is 0 Å². The van der Waals surface area contributed by atoms with Gasteiger partial charge in [-0.15, -0.1) is 0 Å². The number of halogens is 1. The third-order valence-corrected chi connectivity index (χ3v) is 4.04. The number of nitrogens with zero attached hydrogens (tertiary/aromatic N) is 2. The highest BCUT2D eigenvalue weighted by atomic mass is 35.5. The lowest BCUT2D eigenvalue weighted by atomic mass is 10.1. The molecule has 26 heavy (non-hydrogen) atoms. The van der Waals surface area contributed by atoms with E-state index >= 15 is 0 Å². The summed E-state index contributed by atoms with van der Waals surface area (Å²) in [4.78, 5) is 16.4. The average Bonchev–Trinajstić information content (AvgIpc) is 3.15. The molecule has 3 aromatic rings. The summed E-state index contributed by atoms with van der Waals surface area (Å²) >= 11 is 5.86. The van der Waals surface area contributed by atoms with Crippen molar-refractivity contribution in [1.82, 2.24) is 10.1 Å². The van der Waals surface area contributed by atoms with Gasteiger partial charge in [0.1, 0.15) is 12.4 Å². The van der Waals surface area contributed by atoms with Gasteiger partial charge in [0.15, 0.2) is 6.61 Å². The highest BCUT2D eigenvalue weighted by molar-refractivity contribution is 6.30. The van der Waals surface area contributed by atoms with Gasteiger partial charge in [-0.05, 0) is 36.4 Å². The fourth-order valence-corrected chi connectivity index (χ4v) is 2.61. The number of esters is 1. The molecule has 0 saturated heterocycles. The monoisotopic (exact) mass is 368 g/mol. The summed E-state index contributed by atoms with van der Waals surface area (Å²) in [5.74, 6) is 0.877. The van der Waals surface area contributed by atoms with E-state index in [2.05, 4.69) is 10.1 Å². The summed E-state index contributed by atoms with van der Waals surface area (Å²) in [6.07, 6.45) is 1.76. The predicted octanol–water partition coefficient (Wildman–Crippen LogP) is 3.91. The Hall–Kier alpha value is -3.12. The first-order chi connectivity index (χ1) is 12.7. The number of carbonyl (C=O) groups excluding carboxylic acids is 1. The normalized spacial score (nSPS) is 12.7. The number of benzene rings is 2. The van der Waals surface area contributed by atoms with Crippen LogP contribution in [0.4, 0.5) is 0 Å². The summed E-state index contributed by atoms with van der Waals surface area (Å²) in [6.45, 7) is 0.0497. The Morgan fingerprint density at radius 1 is 1.15 bits per heavy atom. The van der Waals surface area contributed by atoms with Crippen molar-refractivity contribution in [2.75, 3.05) is 6.61 Å². The number of para-hydroxylation sites is 1. The maximum absolute atomic E-state index is 12.2. The van der Waals surface area contributed by atoms with Crippen LogP contribution in [0.25, 0.3) is 17.5 Å². The van der Waals surface area contributed by atoms with Crippen LogP contribution >= 0.6 is 11.6 Å². The minimum Gasteiger partial charge on any atom is -0.488 e. The molecule has 0 spiro atoms. The van der Waals surface area contributed by atoms with Crippen LogP contribution in [0.2, 0.25) is 5.02 Å². The molecular formula is C19H13ClN2O4. The van der Waals surface area contributed by atoms with Crippen LogP contribution in [0.5, 0.6) is 5.75 Å². The van der Waals surface area contributed by atoms with E-state index < -0.39 is 5.97 Å². The van der Waals surface area contributed by atoms with Crippen LogP contribution in [0.3, 0.4) is 0 Å². The second-order valence-electron chi connectivity index (χ2n) is 5.59.